The van der Waals surface area contributed by atoms with E-state index in [4.69, 9.17) is 5.73 Å². The van der Waals surface area contributed by atoms with Gasteiger partial charge in [0.1, 0.15) is 0 Å². The van der Waals surface area contributed by atoms with Crippen molar-refractivity contribution in [2.75, 3.05) is 6.54 Å². The number of hydrogen-bond donors (Lipinski definition) is 1. The summed E-state index contributed by atoms with van der Waals surface area (Å²) >= 11 is 0. The number of hydrogen-bond acceptors (Lipinski definition) is 2. The van der Waals surface area contributed by atoms with E-state index in [1.807, 2.05) is 41.3 Å². The van der Waals surface area contributed by atoms with Gasteiger partial charge in [-0.1, -0.05) is 36.4 Å². The molecule has 1 aliphatic heterocycles. The van der Waals surface area contributed by atoms with Crippen LogP contribution < -0.4 is 5.73 Å². The second-order valence-corrected chi connectivity index (χ2v) is 5.17. The molecule has 2 aromatic rings. The Labute approximate surface area is 119 Å². The van der Waals surface area contributed by atoms with E-state index >= 15 is 0 Å². The van der Waals surface area contributed by atoms with Gasteiger partial charge in [0.05, 0.1) is 0 Å². The molecule has 3 rings (SSSR count). The molecule has 2 aromatic carbocycles. The zero-order chi connectivity index (χ0) is 13.9. The maximum atomic E-state index is 12.6. The highest BCUT2D eigenvalue weighted by Crippen LogP contribution is 2.24. The van der Waals surface area contributed by atoms with Gasteiger partial charge in [0.25, 0.3) is 5.91 Å². The summed E-state index contributed by atoms with van der Waals surface area (Å²) in [6.07, 6.45) is 0.807. The molecule has 1 heterocycles. The molecular formula is C17H18N2O. The summed E-state index contributed by atoms with van der Waals surface area (Å²) in [5, 5.41) is 0. The average Bonchev–Trinajstić information content (AvgIpc) is 2.91. The largest absolute Gasteiger partial charge is 0.330 e. The highest BCUT2D eigenvalue weighted by atomic mass is 16.2. The first-order valence-corrected chi connectivity index (χ1v) is 6.93. The normalized spacial score (nSPS) is 13.3. The molecule has 0 unspecified atom stereocenters. The average molecular weight is 266 g/mol. The fourth-order valence-electron chi connectivity index (χ4n) is 2.69. The monoisotopic (exact) mass is 266 g/mol. The standard InChI is InChI=1S/C17H18N2O/c18-9-8-13-4-3-7-14(10-13)17(20)19-11-15-5-1-2-6-16(15)12-19/h1-7,10H,8-9,11-12,18H2. The van der Waals surface area contributed by atoms with Gasteiger partial charge in [0.2, 0.25) is 0 Å². The maximum absolute atomic E-state index is 12.6. The van der Waals surface area contributed by atoms with Crippen molar-refractivity contribution in [1.29, 1.82) is 0 Å². The molecule has 0 radical (unpaired) electrons. The van der Waals surface area contributed by atoms with Crippen molar-refractivity contribution in [2.24, 2.45) is 5.73 Å². The van der Waals surface area contributed by atoms with Gasteiger partial charge in [-0.15, -0.1) is 0 Å². The summed E-state index contributed by atoms with van der Waals surface area (Å²) in [5.74, 6) is 0.0973. The third kappa shape index (κ3) is 2.45. The number of nitrogens with zero attached hydrogens (tertiary/aromatic N) is 1. The number of benzene rings is 2. The molecule has 0 spiro atoms. The van der Waals surface area contributed by atoms with Crippen LogP contribution >= 0.6 is 0 Å². The zero-order valence-corrected chi connectivity index (χ0v) is 11.4. The molecule has 3 heteroatoms. The zero-order valence-electron chi connectivity index (χ0n) is 11.4. The Morgan fingerprint density at radius 3 is 2.40 bits per heavy atom. The van der Waals surface area contributed by atoms with Crippen molar-refractivity contribution in [2.45, 2.75) is 19.5 Å². The van der Waals surface area contributed by atoms with Crippen LogP contribution in [0.15, 0.2) is 48.5 Å². The lowest BCUT2D eigenvalue weighted by Crippen LogP contribution is -2.25. The van der Waals surface area contributed by atoms with E-state index in [-0.39, 0.29) is 5.91 Å². The number of nitrogens with two attached hydrogens (primary N) is 1. The first-order valence-electron chi connectivity index (χ1n) is 6.93. The predicted molar refractivity (Wildman–Crippen MR) is 79.2 cm³/mol. The van der Waals surface area contributed by atoms with Crippen molar-refractivity contribution in [3.63, 3.8) is 0 Å². The second-order valence-electron chi connectivity index (χ2n) is 5.17. The number of carbonyl (C=O) groups is 1. The molecule has 0 saturated carbocycles. The van der Waals surface area contributed by atoms with E-state index < -0.39 is 0 Å². The highest BCUT2D eigenvalue weighted by Gasteiger charge is 2.23. The first kappa shape index (κ1) is 12.9. The van der Waals surface area contributed by atoms with E-state index in [0.717, 1.165) is 17.5 Å². The fourth-order valence-corrected chi connectivity index (χ4v) is 2.69. The Kier molecular flexibility index (Phi) is 3.52. The minimum atomic E-state index is 0.0973. The smallest absolute Gasteiger partial charge is 0.254 e. The third-order valence-corrected chi connectivity index (χ3v) is 3.73. The van der Waals surface area contributed by atoms with Gasteiger partial charge in [0.15, 0.2) is 0 Å². The SMILES string of the molecule is NCCc1cccc(C(=O)N2Cc3ccccc3C2)c1. The summed E-state index contributed by atoms with van der Waals surface area (Å²) in [7, 11) is 0. The van der Waals surface area contributed by atoms with Gasteiger partial charge < -0.3 is 10.6 Å². The van der Waals surface area contributed by atoms with Crippen molar-refractivity contribution >= 4 is 5.91 Å². The molecule has 2 N–H and O–H groups in total. The van der Waals surface area contributed by atoms with E-state index in [1.54, 1.807) is 0 Å². The van der Waals surface area contributed by atoms with Crippen LogP contribution in [0.2, 0.25) is 0 Å². The summed E-state index contributed by atoms with van der Waals surface area (Å²) in [5.41, 5.74) is 9.94. The second kappa shape index (κ2) is 5.47. The van der Waals surface area contributed by atoms with E-state index in [1.165, 1.54) is 11.1 Å². The van der Waals surface area contributed by atoms with E-state index in [9.17, 15) is 4.79 Å². The van der Waals surface area contributed by atoms with Gasteiger partial charge in [-0.05, 0) is 41.8 Å². The van der Waals surface area contributed by atoms with Crippen molar-refractivity contribution in [3.8, 4) is 0 Å². The molecular weight excluding hydrogens is 248 g/mol. The minimum absolute atomic E-state index is 0.0973. The Hall–Kier alpha value is -2.13. The van der Waals surface area contributed by atoms with Crippen LogP contribution in [0, 0.1) is 0 Å². The van der Waals surface area contributed by atoms with Crippen LogP contribution in [-0.4, -0.2) is 17.4 Å². The molecule has 0 atom stereocenters. The van der Waals surface area contributed by atoms with Crippen molar-refractivity contribution in [3.05, 3.63) is 70.8 Å². The minimum Gasteiger partial charge on any atom is -0.330 e. The van der Waals surface area contributed by atoms with E-state index in [0.29, 0.717) is 19.6 Å². The van der Waals surface area contributed by atoms with Crippen LogP contribution in [0.1, 0.15) is 27.0 Å². The van der Waals surface area contributed by atoms with Crippen LogP contribution in [0.4, 0.5) is 0 Å². The summed E-state index contributed by atoms with van der Waals surface area (Å²) in [6, 6.07) is 16.0. The van der Waals surface area contributed by atoms with E-state index in [2.05, 4.69) is 12.1 Å². The molecule has 0 bridgehead atoms. The molecule has 1 aliphatic rings. The van der Waals surface area contributed by atoms with Gasteiger partial charge in [0, 0.05) is 18.7 Å². The first-order chi connectivity index (χ1) is 9.78. The fraction of sp³-hybridized carbons (Fsp3) is 0.235. The van der Waals surface area contributed by atoms with Gasteiger partial charge in [-0.3, -0.25) is 4.79 Å². The van der Waals surface area contributed by atoms with Crippen LogP contribution in [0.3, 0.4) is 0 Å². The summed E-state index contributed by atoms with van der Waals surface area (Å²) in [4.78, 5) is 14.5. The Bertz CT molecular complexity index is 611. The summed E-state index contributed by atoms with van der Waals surface area (Å²) < 4.78 is 0. The highest BCUT2D eigenvalue weighted by molar-refractivity contribution is 5.94. The number of rotatable bonds is 3. The maximum Gasteiger partial charge on any atom is 0.254 e. The lowest BCUT2D eigenvalue weighted by Gasteiger charge is -2.16. The molecule has 0 saturated heterocycles. The molecule has 0 aromatic heterocycles. The number of amides is 1. The van der Waals surface area contributed by atoms with Crippen LogP contribution in [0.5, 0.6) is 0 Å². The topological polar surface area (TPSA) is 46.3 Å². The van der Waals surface area contributed by atoms with Gasteiger partial charge in [-0.2, -0.15) is 0 Å². The Morgan fingerprint density at radius 2 is 1.75 bits per heavy atom. The molecule has 102 valence electrons. The Morgan fingerprint density at radius 1 is 1.05 bits per heavy atom. The molecule has 20 heavy (non-hydrogen) atoms. The van der Waals surface area contributed by atoms with Crippen molar-refractivity contribution < 1.29 is 4.79 Å². The van der Waals surface area contributed by atoms with Crippen LogP contribution in [-0.2, 0) is 19.5 Å². The van der Waals surface area contributed by atoms with Gasteiger partial charge >= 0.3 is 0 Å². The van der Waals surface area contributed by atoms with Gasteiger partial charge in [-0.25, -0.2) is 0 Å². The van der Waals surface area contributed by atoms with Crippen LogP contribution in [0.25, 0.3) is 0 Å². The molecule has 1 amide bonds. The number of carbonyl (C=O) groups excluding carboxylic acids is 1. The molecule has 0 aliphatic carbocycles. The number of fused-ring (bicyclic) bond motifs is 1. The summed E-state index contributed by atoms with van der Waals surface area (Å²) in [6.45, 7) is 2.01. The molecule has 3 nitrogen and oxygen atoms in total. The third-order valence-electron chi connectivity index (χ3n) is 3.73. The predicted octanol–water partition coefficient (Wildman–Crippen LogP) is 2.34. The Balaban J connectivity index is 1.79. The lowest BCUT2D eigenvalue weighted by atomic mass is 10.1. The quantitative estimate of drug-likeness (QED) is 0.927. The molecule has 0 fully saturated rings. The van der Waals surface area contributed by atoms with Crippen molar-refractivity contribution in [1.82, 2.24) is 4.90 Å². The lowest BCUT2D eigenvalue weighted by molar-refractivity contribution is 0.0751.